The predicted octanol–water partition coefficient (Wildman–Crippen LogP) is 2.76. The smallest absolute Gasteiger partial charge is 0.330 e. The first-order valence-corrected chi connectivity index (χ1v) is 6.85. The van der Waals surface area contributed by atoms with Gasteiger partial charge in [-0.3, -0.25) is 4.90 Å². The van der Waals surface area contributed by atoms with Gasteiger partial charge < -0.3 is 4.74 Å². The molecule has 1 aliphatic rings. The molecule has 1 rings (SSSR count). The largest absolute Gasteiger partial charge is 0.463 e. The molecule has 3 nitrogen and oxygen atoms in total. The first-order valence-electron chi connectivity index (χ1n) is 6.85. The number of hydrogen-bond donors (Lipinski definition) is 0. The molecule has 0 aliphatic carbocycles. The number of hydrogen-bond acceptors (Lipinski definition) is 3. The fourth-order valence-corrected chi connectivity index (χ4v) is 2.41. The van der Waals surface area contributed by atoms with E-state index in [1.54, 1.807) is 6.08 Å². The zero-order valence-corrected chi connectivity index (χ0v) is 11.2. The van der Waals surface area contributed by atoms with Gasteiger partial charge in [0, 0.05) is 18.7 Å². The zero-order valence-electron chi connectivity index (χ0n) is 11.2. The summed E-state index contributed by atoms with van der Waals surface area (Å²) in [6.45, 7) is 6.55. The molecule has 0 aromatic carbocycles. The fraction of sp³-hybridized carbons (Fsp3) is 0.786. The maximum Gasteiger partial charge on any atom is 0.330 e. The highest BCUT2D eigenvalue weighted by molar-refractivity contribution is 5.81. The van der Waals surface area contributed by atoms with E-state index in [0.717, 1.165) is 13.1 Å². The van der Waals surface area contributed by atoms with Crippen molar-refractivity contribution in [2.75, 3.05) is 19.7 Å². The van der Waals surface area contributed by atoms with Crippen molar-refractivity contribution >= 4 is 5.97 Å². The average molecular weight is 239 g/mol. The van der Waals surface area contributed by atoms with E-state index in [2.05, 4.69) is 11.8 Å². The standard InChI is InChI=1S/C14H25NO2/c1-3-13-9-6-5-7-11-15(13)12-8-10-14(16)17-4-2/h8,10,13H,3-7,9,11-12H2,1-2H3/b10-8+. The Hall–Kier alpha value is -0.830. The zero-order chi connectivity index (χ0) is 12.5. The van der Waals surface area contributed by atoms with Gasteiger partial charge in [-0.15, -0.1) is 0 Å². The molecule has 0 aromatic rings. The van der Waals surface area contributed by atoms with Gasteiger partial charge in [0.25, 0.3) is 0 Å². The third kappa shape index (κ3) is 5.35. The molecule has 0 spiro atoms. The van der Waals surface area contributed by atoms with Crippen LogP contribution in [0.4, 0.5) is 0 Å². The minimum atomic E-state index is -0.227. The van der Waals surface area contributed by atoms with Crippen molar-refractivity contribution in [3.63, 3.8) is 0 Å². The molecule has 1 saturated heterocycles. The topological polar surface area (TPSA) is 29.5 Å². The van der Waals surface area contributed by atoms with Gasteiger partial charge in [-0.1, -0.05) is 25.8 Å². The van der Waals surface area contributed by atoms with Gasteiger partial charge in [0.15, 0.2) is 0 Å². The molecule has 0 bridgehead atoms. The number of nitrogens with zero attached hydrogens (tertiary/aromatic N) is 1. The Balaban J connectivity index is 2.39. The minimum absolute atomic E-state index is 0.227. The molecule has 0 N–H and O–H groups in total. The summed E-state index contributed by atoms with van der Waals surface area (Å²) >= 11 is 0. The van der Waals surface area contributed by atoms with Gasteiger partial charge in [-0.05, 0) is 32.7 Å². The van der Waals surface area contributed by atoms with E-state index in [0.29, 0.717) is 12.6 Å². The van der Waals surface area contributed by atoms with Crippen molar-refractivity contribution in [3.05, 3.63) is 12.2 Å². The lowest BCUT2D eigenvalue weighted by atomic mass is 10.1. The van der Waals surface area contributed by atoms with Crippen LogP contribution in [-0.4, -0.2) is 36.6 Å². The van der Waals surface area contributed by atoms with E-state index in [1.165, 1.54) is 32.1 Å². The van der Waals surface area contributed by atoms with Crippen molar-refractivity contribution in [3.8, 4) is 0 Å². The molecule has 3 heteroatoms. The normalized spacial score (nSPS) is 22.6. The minimum Gasteiger partial charge on any atom is -0.463 e. The molecule has 0 aromatic heterocycles. The van der Waals surface area contributed by atoms with Crippen molar-refractivity contribution < 1.29 is 9.53 Å². The van der Waals surface area contributed by atoms with Crippen LogP contribution in [0.2, 0.25) is 0 Å². The number of esters is 1. The first-order chi connectivity index (χ1) is 8.27. The maximum atomic E-state index is 11.2. The fourth-order valence-electron chi connectivity index (χ4n) is 2.41. The molecule has 1 aliphatic heterocycles. The summed E-state index contributed by atoms with van der Waals surface area (Å²) in [6, 6.07) is 0.685. The summed E-state index contributed by atoms with van der Waals surface area (Å²) < 4.78 is 4.86. The van der Waals surface area contributed by atoms with Crippen LogP contribution in [0, 0.1) is 0 Å². The number of carbonyl (C=O) groups excluding carboxylic acids is 1. The summed E-state index contributed by atoms with van der Waals surface area (Å²) in [5.74, 6) is -0.227. The van der Waals surface area contributed by atoms with Crippen LogP contribution in [0.25, 0.3) is 0 Å². The Labute approximate surface area is 105 Å². The summed E-state index contributed by atoms with van der Waals surface area (Å²) in [5.41, 5.74) is 0. The molecular weight excluding hydrogens is 214 g/mol. The second kappa shape index (κ2) is 8.29. The van der Waals surface area contributed by atoms with Gasteiger partial charge in [0.1, 0.15) is 0 Å². The van der Waals surface area contributed by atoms with Gasteiger partial charge >= 0.3 is 5.97 Å². The monoisotopic (exact) mass is 239 g/mol. The average Bonchev–Trinajstić information content (AvgIpc) is 2.54. The van der Waals surface area contributed by atoms with E-state index in [-0.39, 0.29) is 5.97 Å². The Kier molecular flexibility index (Phi) is 6.94. The second-order valence-electron chi connectivity index (χ2n) is 4.56. The molecule has 98 valence electrons. The van der Waals surface area contributed by atoms with Crippen LogP contribution >= 0.6 is 0 Å². The third-order valence-electron chi connectivity index (χ3n) is 3.35. The highest BCUT2D eigenvalue weighted by atomic mass is 16.5. The lowest BCUT2D eigenvalue weighted by molar-refractivity contribution is -0.137. The molecule has 1 atom stereocenters. The van der Waals surface area contributed by atoms with E-state index < -0.39 is 0 Å². The van der Waals surface area contributed by atoms with E-state index >= 15 is 0 Å². The highest BCUT2D eigenvalue weighted by Crippen LogP contribution is 2.18. The maximum absolute atomic E-state index is 11.2. The Morgan fingerprint density at radius 3 is 2.88 bits per heavy atom. The second-order valence-corrected chi connectivity index (χ2v) is 4.56. The van der Waals surface area contributed by atoms with Gasteiger partial charge in [-0.25, -0.2) is 4.79 Å². The quantitative estimate of drug-likeness (QED) is 0.546. The van der Waals surface area contributed by atoms with Crippen molar-refractivity contribution in [1.29, 1.82) is 0 Å². The summed E-state index contributed by atoms with van der Waals surface area (Å²) in [6.07, 6.45) is 9.96. The van der Waals surface area contributed by atoms with E-state index in [1.807, 2.05) is 13.0 Å². The summed E-state index contributed by atoms with van der Waals surface area (Å²) in [5, 5.41) is 0. The SMILES string of the molecule is CCOC(=O)/C=C/CN1CCCCCC1CC. The Bertz CT molecular complexity index is 251. The van der Waals surface area contributed by atoms with Gasteiger partial charge in [0.05, 0.1) is 6.61 Å². The number of ether oxygens (including phenoxy) is 1. The number of rotatable bonds is 5. The molecule has 0 amide bonds. The molecule has 17 heavy (non-hydrogen) atoms. The first kappa shape index (κ1) is 14.2. The Morgan fingerprint density at radius 1 is 1.35 bits per heavy atom. The van der Waals surface area contributed by atoms with Gasteiger partial charge in [-0.2, -0.15) is 0 Å². The van der Waals surface area contributed by atoms with Crippen LogP contribution in [0.5, 0.6) is 0 Å². The molecule has 0 radical (unpaired) electrons. The molecule has 1 heterocycles. The third-order valence-corrected chi connectivity index (χ3v) is 3.35. The van der Waals surface area contributed by atoms with Crippen LogP contribution < -0.4 is 0 Å². The number of carbonyl (C=O) groups is 1. The van der Waals surface area contributed by atoms with E-state index in [9.17, 15) is 4.79 Å². The van der Waals surface area contributed by atoms with Crippen LogP contribution in [0.3, 0.4) is 0 Å². The summed E-state index contributed by atoms with van der Waals surface area (Å²) in [4.78, 5) is 13.7. The van der Waals surface area contributed by atoms with Crippen LogP contribution in [0.1, 0.15) is 46.0 Å². The molecular formula is C14H25NO2. The summed E-state index contributed by atoms with van der Waals surface area (Å²) in [7, 11) is 0. The van der Waals surface area contributed by atoms with Gasteiger partial charge in [0.2, 0.25) is 0 Å². The van der Waals surface area contributed by atoms with Crippen molar-refractivity contribution in [2.24, 2.45) is 0 Å². The van der Waals surface area contributed by atoms with Crippen LogP contribution in [-0.2, 0) is 9.53 Å². The number of likely N-dealkylation sites (tertiary alicyclic amines) is 1. The van der Waals surface area contributed by atoms with Crippen molar-refractivity contribution in [1.82, 2.24) is 4.90 Å². The van der Waals surface area contributed by atoms with Crippen LogP contribution in [0.15, 0.2) is 12.2 Å². The lowest BCUT2D eigenvalue weighted by Gasteiger charge is -2.27. The lowest BCUT2D eigenvalue weighted by Crippen LogP contribution is -2.34. The predicted molar refractivity (Wildman–Crippen MR) is 69.9 cm³/mol. The van der Waals surface area contributed by atoms with E-state index in [4.69, 9.17) is 4.74 Å². The molecule has 0 saturated carbocycles. The van der Waals surface area contributed by atoms with Crippen molar-refractivity contribution in [2.45, 2.75) is 52.0 Å². The highest BCUT2D eigenvalue weighted by Gasteiger charge is 2.17. The molecule has 1 unspecified atom stereocenters. The Morgan fingerprint density at radius 2 is 2.18 bits per heavy atom. The molecule has 1 fully saturated rings.